The number of fused-ring (bicyclic) bond motifs is 1. The van der Waals surface area contributed by atoms with Crippen LogP contribution in [0.1, 0.15) is 0 Å². The topological polar surface area (TPSA) is 70.3 Å². The fourth-order valence-electron chi connectivity index (χ4n) is 2.00. The fraction of sp³-hybridized carbons (Fsp3) is 0.0667. The molecule has 0 atom stereocenters. The van der Waals surface area contributed by atoms with Gasteiger partial charge in [0.05, 0.1) is 7.11 Å². The van der Waals surface area contributed by atoms with E-state index in [0.29, 0.717) is 17.4 Å². The highest BCUT2D eigenvalue weighted by Crippen LogP contribution is 2.33. The molecule has 0 bridgehead atoms. The van der Waals surface area contributed by atoms with E-state index in [-0.39, 0.29) is 5.82 Å². The molecule has 0 aliphatic rings. The summed E-state index contributed by atoms with van der Waals surface area (Å²) in [5.41, 5.74) is 5.73. The quantitative estimate of drug-likeness (QED) is 0.782. The molecular formula is C15H12BrN3O2. The van der Waals surface area contributed by atoms with Crippen LogP contribution in [-0.2, 0) is 0 Å². The van der Waals surface area contributed by atoms with Gasteiger partial charge in [0.25, 0.3) is 5.88 Å². The van der Waals surface area contributed by atoms with Crippen LogP contribution in [-0.4, -0.2) is 17.1 Å². The Labute approximate surface area is 129 Å². The zero-order valence-corrected chi connectivity index (χ0v) is 12.8. The number of methoxy groups -OCH3 is 1. The molecule has 2 aromatic carbocycles. The van der Waals surface area contributed by atoms with Gasteiger partial charge in [-0.15, -0.1) is 0 Å². The average molecular weight is 346 g/mol. The Morgan fingerprint density at radius 3 is 2.62 bits per heavy atom. The Hall–Kier alpha value is -2.34. The van der Waals surface area contributed by atoms with Crippen LogP contribution >= 0.6 is 15.9 Å². The van der Waals surface area contributed by atoms with Gasteiger partial charge >= 0.3 is 0 Å². The number of nitrogens with two attached hydrogens (primary N) is 1. The second-order valence-corrected chi connectivity index (χ2v) is 5.27. The number of rotatable bonds is 3. The van der Waals surface area contributed by atoms with Crippen molar-refractivity contribution in [2.75, 3.05) is 12.8 Å². The Balaban J connectivity index is 1.98. The van der Waals surface area contributed by atoms with Crippen LogP contribution in [0.4, 0.5) is 5.82 Å². The SMILES string of the molecule is COc1c(N)ncnc1Oc1ccc2cc(Br)ccc2c1. The largest absolute Gasteiger partial charge is 0.489 e. The van der Waals surface area contributed by atoms with Crippen molar-refractivity contribution in [1.82, 2.24) is 9.97 Å². The zero-order valence-electron chi connectivity index (χ0n) is 11.2. The van der Waals surface area contributed by atoms with Crippen molar-refractivity contribution >= 4 is 32.5 Å². The molecule has 3 rings (SSSR count). The molecule has 106 valence electrons. The maximum Gasteiger partial charge on any atom is 0.268 e. The molecule has 1 aromatic heterocycles. The standard InChI is InChI=1S/C15H12BrN3O2/c1-20-13-14(17)18-8-19-15(13)21-12-5-3-9-6-11(16)4-2-10(9)7-12/h2-8H,1H3,(H2,17,18,19). The van der Waals surface area contributed by atoms with Crippen molar-refractivity contribution in [3.63, 3.8) is 0 Å². The number of ether oxygens (including phenoxy) is 2. The van der Waals surface area contributed by atoms with E-state index in [1.807, 2.05) is 36.4 Å². The van der Waals surface area contributed by atoms with E-state index < -0.39 is 0 Å². The number of aromatic nitrogens is 2. The van der Waals surface area contributed by atoms with Crippen molar-refractivity contribution in [1.29, 1.82) is 0 Å². The monoisotopic (exact) mass is 345 g/mol. The minimum atomic E-state index is 0.243. The van der Waals surface area contributed by atoms with Crippen LogP contribution in [0.25, 0.3) is 10.8 Å². The Kier molecular flexibility index (Phi) is 3.62. The molecule has 0 saturated heterocycles. The summed E-state index contributed by atoms with van der Waals surface area (Å²) in [5, 5.41) is 2.18. The first kappa shape index (κ1) is 13.6. The lowest BCUT2D eigenvalue weighted by Gasteiger charge is -2.10. The van der Waals surface area contributed by atoms with E-state index in [1.165, 1.54) is 13.4 Å². The second kappa shape index (κ2) is 5.57. The third-order valence-electron chi connectivity index (χ3n) is 2.99. The van der Waals surface area contributed by atoms with Crippen LogP contribution in [0.3, 0.4) is 0 Å². The molecule has 0 saturated carbocycles. The lowest BCUT2D eigenvalue weighted by atomic mass is 10.1. The van der Waals surface area contributed by atoms with E-state index in [2.05, 4.69) is 25.9 Å². The molecule has 5 nitrogen and oxygen atoms in total. The number of anilines is 1. The highest BCUT2D eigenvalue weighted by molar-refractivity contribution is 9.10. The molecule has 6 heteroatoms. The molecule has 0 aliphatic heterocycles. The van der Waals surface area contributed by atoms with Crippen LogP contribution in [0.5, 0.6) is 17.4 Å². The van der Waals surface area contributed by atoms with Crippen LogP contribution in [0, 0.1) is 0 Å². The van der Waals surface area contributed by atoms with Crippen molar-refractivity contribution in [3.8, 4) is 17.4 Å². The lowest BCUT2D eigenvalue weighted by Crippen LogP contribution is -2.00. The molecule has 21 heavy (non-hydrogen) atoms. The van der Waals surface area contributed by atoms with E-state index in [1.54, 1.807) is 0 Å². The third kappa shape index (κ3) is 2.75. The molecule has 0 fully saturated rings. The first-order valence-corrected chi connectivity index (χ1v) is 6.98. The summed E-state index contributed by atoms with van der Waals surface area (Å²) >= 11 is 3.45. The summed E-state index contributed by atoms with van der Waals surface area (Å²) in [5.74, 6) is 1.52. The van der Waals surface area contributed by atoms with Gasteiger partial charge in [-0.2, -0.15) is 4.98 Å². The predicted molar refractivity (Wildman–Crippen MR) is 84.7 cm³/mol. The molecule has 0 unspecified atom stereocenters. The third-order valence-corrected chi connectivity index (χ3v) is 3.48. The number of nitrogens with zero attached hydrogens (tertiary/aromatic N) is 2. The predicted octanol–water partition coefficient (Wildman–Crippen LogP) is 3.78. The number of benzene rings is 2. The minimum Gasteiger partial charge on any atom is -0.489 e. The fourth-order valence-corrected chi connectivity index (χ4v) is 2.38. The summed E-state index contributed by atoms with van der Waals surface area (Å²) in [6.07, 6.45) is 1.34. The van der Waals surface area contributed by atoms with Gasteiger partial charge in [0.15, 0.2) is 5.82 Å². The normalized spacial score (nSPS) is 10.6. The molecule has 1 heterocycles. The van der Waals surface area contributed by atoms with E-state index in [4.69, 9.17) is 15.2 Å². The van der Waals surface area contributed by atoms with Gasteiger partial charge in [0, 0.05) is 4.47 Å². The van der Waals surface area contributed by atoms with E-state index >= 15 is 0 Å². The smallest absolute Gasteiger partial charge is 0.268 e. The summed E-state index contributed by atoms with van der Waals surface area (Å²) in [7, 11) is 1.50. The molecule has 3 aromatic rings. The molecule has 2 N–H and O–H groups in total. The molecule has 0 amide bonds. The van der Waals surface area contributed by atoms with Gasteiger partial charge in [-0.1, -0.05) is 28.1 Å². The number of hydrogen-bond donors (Lipinski definition) is 1. The minimum absolute atomic E-state index is 0.243. The maximum atomic E-state index is 5.75. The number of hydrogen-bond acceptors (Lipinski definition) is 5. The van der Waals surface area contributed by atoms with Gasteiger partial charge in [-0.25, -0.2) is 4.98 Å². The van der Waals surface area contributed by atoms with Crippen LogP contribution in [0.15, 0.2) is 47.2 Å². The molecule has 0 aliphatic carbocycles. The second-order valence-electron chi connectivity index (χ2n) is 4.35. The summed E-state index contributed by atoms with van der Waals surface area (Å²) in [6, 6.07) is 11.8. The first-order chi connectivity index (χ1) is 10.2. The maximum absolute atomic E-state index is 5.75. The van der Waals surface area contributed by atoms with E-state index in [9.17, 15) is 0 Å². The van der Waals surface area contributed by atoms with Crippen molar-refractivity contribution < 1.29 is 9.47 Å². The molecule has 0 spiro atoms. The molecular weight excluding hydrogens is 334 g/mol. The zero-order chi connectivity index (χ0) is 14.8. The van der Waals surface area contributed by atoms with Gasteiger partial charge < -0.3 is 15.2 Å². The highest BCUT2D eigenvalue weighted by atomic mass is 79.9. The van der Waals surface area contributed by atoms with Crippen LogP contribution < -0.4 is 15.2 Å². The van der Waals surface area contributed by atoms with Gasteiger partial charge in [-0.05, 0) is 35.0 Å². The number of halogens is 1. The van der Waals surface area contributed by atoms with Gasteiger partial charge in [0.2, 0.25) is 5.75 Å². The Morgan fingerprint density at radius 2 is 1.81 bits per heavy atom. The van der Waals surface area contributed by atoms with E-state index in [0.717, 1.165) is 15.2 Å². The van der Waals surface area contributed by atoms with Crippen LogP contribution in [0.2, 0.25) is 0 Å². The molecule has 0 radical (unpaired) electrons. The van der Waals surface area contributed by atoms with Crippen molar-refractivity contribution in [2.24, 2.45) is 0 Å². The highest BCUT2D eigenvalue weighted by Gasteiger charge is 2.12. The Morgan fingerprint density at radius 1 is 1.05 bits per heavy atom. The summed E-state index contributed by atoms with van der Waals surface area (Å²) in [4.78, 5) is 7.92. The summed E-state index contributed by atoms with van der Waals surface area (Å²) < 4.78 is 12.0. The lowest BCUT2D eigenvalue weighted by molar-refractivity contribution is 0.369. The average Bonchev–Trinajstić information content (AvgIpc) is 2.48. The first-order valence-electron chi connectivity index (χ1n) is 6.19. The van der Waals surface area contributed by atoms with Crippen molar-refractivity contribution in [3.05, 3.63) is 47.2 Å². The Bertz CT molecular complexity index is 808. The van der Waals surface area contributed by atoms with Gasteiger partial charge in [-0.3, -0.25) is 0 Å². The van der Waals surface area contributed by atoms with Crippen molar-refractivity contribution in [2.45, 2.75) is 0 Å². The summed E-state index contributed by atoms with van der Waals surface area (Å²) in [6.45, 7) is 0. The number of nitrogen functional groups attached to an aromatic ring is 1. The van der Waals surface area contributed by atoms with Gasteiger partial charge in [0.1, 0.15) is 12.1 Å².